The van der Waals surface area contributed by atoms with E-state index in [4.69, 9.17) is 14.9 Å². The van der Waals surface area contributed by atoms with E-state index in [2.05, 4.69) is 11.4 Å². The maximum atomic E-state index is 10.4. The number of unbranched alkanes of at least 4 members (excludes halogenated alkanes) is 9. The zero-order valence-electron chi connectivity index (χ0n) is 13.1. The van der Waals surface area contributed by atoms with E-state index in [1.807, 2.05) is 0 Å². The summed E-state index contributed by atoms with van der Waals surface area (Å²) in [6.45, 7) is 4.32. The van der Waals surface area contributed by atoms with Gasteiger partial charge in [0.05, 0.1) is 6.61 Å². The molecule has 3 N–H and O–H groups in total. The molecule has 0 aliphatic carbocycles. The van der Waals surface area contributed by atoms with E-state index in [9.17, 15) is 4.57 Å². The number of hydrogen-bond acceptors (Lipinski definition) is 3. The van der Waals surface area contributed by atoms with E-state index in [-0.39, 0.29) is 13.2 Å². The van der Waals surface area contributed by atoms with Crippen molar-refractivity contribution in [1.82, 2.24) is 0 Å². The molecule has 0 heterocycles. The first kappa shape index (κ1) is 22.4. The van der Waals surface area contributed by atoms with Gasteiger partial charge in [0.15, 0.2) is 0 Å². The molecule has 0 aromatic rings. The largest absolute Gasteiger partial charge is 0.469 e. The van der Waals surface area contributed by atoms with E-state index in [0.717, 1.165) is 19.3 Å². The molecule has 0 aromatic heterocycles. The SMILES string of the molecule is CCCCCCCCCCCCOP(=O)(O)O.CCO. The minimum Gasteiger partial charge on any atom is -0.397 e. The zero-order chi connectivity index (χ0) is 15.7. The Kier molecular flexibility index (Phi) is 19.1. The predicted molar refractivity (Wildman–Crippen MR) is 82.6 cm³/mol. The Morgan fingerprint density at radius 3 is 1.50 bits per heavy atom. The molecular formula is C14H33O5P. The van der Waals surface area contributed by atoms with Crippen LogP contribution < -0.4 is 0 Å². The van der Waals surface area contributed by atoms with Crippen molar-refractivity contribution in [2.24, 2.45) is 0 Å². The lowest BCUT2D eigenvalue weighted by atomic mass is 10.1. The van der Waals surface area contributed by atoms with Crippen molar-refractivity contribution in [2.75, 3.05) is 13.2 Å². The van der Waals surface area contributed by atoms with E-state index in [1.54, 1.807) is 6.92 Å². The van der Waals surface area contributed by atoms with Gasteiger partial charge >= 0.3 is 7.82 Å². The average molecular weight is 312 g/mol. The number of phosphoric acid groups is 1. The molecule has 0 radical (unpaired) electrons. The minimum absolute atomic E-state index is 0.167. The molecule has 20 heavy (non-hydrogen) atoms. The summed E-state index contributed by atoms with van der Waals surface area (Å²) in [6.07, 6.45) is 12.0. The molecule has 5 nitrogen and oxygen atoms in total. The molecule has 0 saturated heterocycles. The fourth-order valence-corrected chi connectivity index (χ4v) is 2.14. The lowest BCUT2D eigenvalue weighted by Crippen LogP contribution is -1.92. The fourth-order valence-electron chi connectivity index (χ4n) is 1.77. The second kappa shape index (κ2) is 17.1. The van der Waals surface area contributed by atoms with Crippen LogP contribution in [0.5, 0.6) is 0 Å². The van der Waals surface area contributed by atoms with Crippen LogP contribution >= 0.6 is 7.82 Å². The van der Waals surface area contributed by atoms with Crippen LogP contribution in [0.3, 0.4) is 0 Å². The summed E-state index contributed by atoms with van der Waals surface area (Å²) >= 11 is 0. The van der Waals surface area contributed by atoms with Crippen LogP contribution in [0.25, 0.3) is 0 Å². The highest BCUT2D eigenvalue weighted by atomic mass is 31.2. The van der Waals surface area contributed by atoms with Crippen molar-refractivity contribution in [2.45, 2.75) is 78.1 Å². The predicted octanol–water partition coefficient (Wildman–Crippen LogP) is 4.02. The normalized spacial score (nSPS) is 11.1. The Morgan fingerprint density at radius 1 is 0.800 bits per heavy atom. The molecule has 0 bridgehead atoms. The van der Waals surface area contributed by atoms with Crippen LogP contribution in [0, 0.1) is 0 Å². The second-order valence-corrected chi connectivity index (χ2v) is 6.06. The smallest absolute Gasteiger partial charge is 0.397 e. The number of rotatable bonds is 12. The van der Waals surface area contributed by atoms with Gasteiger partial charge in [0, 0.05) is 6.61 Å². The van der Waals surface area contributed by atoms with E-state index in [0.29, 0.717) is 0 Å². The van der Waals surface area contributed by atoms with Crippen molar-refractivity contribution in [3.05, 3.63) is 0 Å². The molecule has 0 atom stereocenters. The van der Waals surface area contributed by atoms with E-state index in [1.165, 1.54) is 44.9 Å². The topological polar surface area (TPSA) is 87.0 Å². The molecule has 124 valence electrons. The zero-order valence-corrected chi connectivity index (χ0v) is 14.0. The Labute approximate surface area is 124 Å². The van der Waals surface area contributed by atoms with Crippen LogP contribution in [-0.2, 0) is 9.09 Å². The van der Waals surface area contributed by atoms with Gasteiger partial charge in [-0.15, -0.1) is 0 Å². The number of aliphatic hydroxyl groups is 1. The van der Waals surface area contributed by atoms with Gasteiger partial charge in [-0.1, -0.05) is 64.7 Å². The summed E-state index contributed by atoms with van der Waals surface area (Å²) in [5.41, 5.74) is 0. The first-order valence-corrected chi connectivity index (χ1v) is 9.31. The molecule has 0 unspecified atom stereocenters. The molecule has 0 aliphatic heterocycles. The average Bonchev–Trinajstić information content (AvgIpc) is 2.35. The molecule has 0 amide bonds. The quantitative estimate of drug-likeness (QED) is 0.374. The summed E-state index contributed by atoms with van der Waals surface area (Å²) in [4.78, 5) is 16.9. The highest BCUT2D eigenvalue weighted by Gasteiger charge is 2.12. The molecule has 6 heteroatoms. The molecule has 0 saturated carbocycles. The Balaban J connectivity index is 0. The van der Waals surface area contributed by atoms with Gasteiger partial charge in [0.25, 0.3) is 0 Å². The summed E-state index contributed by atoms with van der Waals surface area (Å²) < 4.78 is 14.7. The molecular weight excluding hydrogens is 279 g/mol. The Hall–Kier alpha value is 0.0700. The standard InChI is InChI=1S/C12H27O4P.C2H6O/c1-2-3-4-5-6-7-8-9-10-11-12-16-17(13,14)15;1-2-3/h2-12H2,1H3,(H2,13,14,15);3H,2H2,1H3. The van der Waals surface area contributed by atoms with E-state index >= 15 is 0 Å². The fraction of sp³-hybridized carbons (Fsp3) is 1.00. The third-order valence-electron chi connectivity index (χ3n) is 2.76. The van der Waals surface area contributed by atoms with Gasteiger partial charge in [-0.25, -0.2) is 4.57 Å². The Morgan fingerprint density at radius 2 is 1.15 bits per heavy atom. The highest BCUT2D eigenvalue weighted by molar-refractivity contribution is 7.46. The van der Waals surface area contributed by atoms with Crippen molar-refractivity contribution in [3.63, 3.8) is 0 Å². The van der Waals surface area contributed by atoms with Gasteiger partial charge in [-0.3, -0.25) is 4.52 Å². The van der Waals surface area contributed by atoms with Crippen LogP contribution in [0.2, 0.25) is 0 Å². The van der Waals surface area contributed by atoms with Crippen LogP contribution in [-0.4, -0.2) is 28.1 Å². The molecule has 0 fully saturated rings. The van der Waals surface area contributed by atoms with Crippen LogP contribution in [0.15, 0.2) is 0 Å². The van der Waals surface area contributed by atoms with E-state index < -0.39 is 7.82 Å². The van der Waals surface area contributed by atoms with Gasteiger partial charge in [0.2, 0.25) is 0 Å². The van der Waals surface area contributed by atoms with Gasteiger partial charge in [-0.05, 0) is 13.3 Å². The third kappa shape index (κ3) is 26.6. The summed E-state index contributed by atoms with van der Waals surface area (Å²) in [6, 6.07) is 0. The lowest BCUT2D eigenvalue weighted by Gasteiger charge is -2.05. The summed E-state index contributed by atoms with van der Waals surface area (Å²) in [5.74, 6) is 0. The van der Waals surface area contributed by atoms with Gasteiger partial charge in [-0.2, -0.15) is 0 Å². The van der Waals surface area contributed by atoms with Crippen LogP contribution in [0.1, 0.15) is 78.1 Å². The van der Waals surface area contributed by atoms with Gasteiger partial charge < -0.3 is 14.9 Å². The van der Waals surface area contributed by atoms with Gasteiger partial charge in [0.1, 0.15) is 0 Å². The molecule has 0 aromatic carbocycles. The first-order chi connectivity index (χ1) is 9.47. The maximum absolute atomic E-state index is 10.4. The number of phosphoric ester groups is 1. The van der Waals surface area contributed by atoms with Crippen molar-refractivity contribution < 1.29 is 24.0 Å². The van der Waals surface area contributed by atoms with Crippen molar-refractivity contribution >= 4 is 7.82 Å². The molecule has 0 spiro atoms. The van der Waals surface area contributed by atoms with Crippen LogP contribution in [0.4, 0.5) is 0 Å². The molecule has 0 aliphatic rings. The first-order valence-electron chi connectivity index (χ1n) is 7.78. The monoisotopic (exact) mass is 312 g/mol. The maximum Gasteiger partial charge on any atom is 0.469 e. The second-order valence-electron chi connectivity index (χ2n) is 4.82. The molecule has 0 rings (SSSR count). The van der Waals surface area contributed by atoms with Crippen molar-refractivity contribution in [1.29, 1.82) is 0 Å². The summed E-state index contributed by atoms with van der Waals surface area (Å²) in [7, 11) is -4.24. The summed E-state index contributed by atoms with van der Waals surface area (Å²) in [5, 5.41) is 7.57. The highest BCUT2D eigenvalue weighted by Crippen LogP contribution is 2.35. The number of aliphatic hydroxyl groups excluding tert-OH is 1. The Bertz CT molecular complexity index is 218. The minimum atomic E-state index is -4.24. The van der Waals surface area contributed by atoms with Crippen molar-refractivity contribution in [3.8, 4) is 0 Å². The number of hydrogen-bond donors (Lipinski definition) is 3. The lowest BCUT2D eigenvalue weighted by molar-refractivity contribution is 0.193. The third-order valence-corrected chi connectivity index (χ3v) is 3.28.